The van der Waals surface area contributed by atoms with Gasteiger partial charge < -0.3 is 15.0 Å². The number of morpholine rings is 1. The third-order valence-electron chi connectivity index (χ3n) is 3.21. The summed E-state index contributed by atoms with van der Waals surface area (Å²) in [5.41, 5.74) is -0.328. The van der Waals surface area contributed by atoms with Gasteiger partial charge in [0.2, 0.25) is 11.0 Å². The van der Waals surface area contributed by atoms with Crippen molar-refractivity contribution in [3.63, 3.8) is 0 Å². The highest BCUT2D eigenvalue weighted by molar-refractivity contribution is 8.01. The Kier molecular flexibility index (Phi) is 6.64. The topological polar surface area (TPSA) is 96.5 Å². The normalized spacial score (nSPS) is 21.1. The standard InChI is InChI=1S/C15H25N5O3S2/c1-9-6-20(7-10(2)23-9)11(21)8-24-14-19-18-13(25-14)16-12(22)17-15(3,4)5/h9-10H,6-8H2,1-5H3,(H2,16,17,18,22)/t9-,10-/m0/s1. The van der Waals surface area contributed by atoms with Crippen LogP contribution in [0.2, 0.25) is 0 Å². The minimum atomic E-state index is -0.328. The van der Waals surface area contributed by atoms with Gasteiger partial charge in [0.25, 0.3) is 0 Å². The fourth-order valence-corrected chi connectivity index (χ4v) is 4.03. The predicted octanol–water partition coefficient (Wildman–Crippen LogP) is 2.19. The molecule has 2 N–H and O–H groups in total. The van der Waals surface area contributed by atoms with Gasteiger partial charge in [-0.25, -0.2) is 4.79 Å². The van der Waals surface area contributed by atoms with Crippen molar-refractivity contribution in [2.75, 3.05) is 24.2 Å². The van der Waals surface area contributed by atoms with Crippen LogP contribution < -0.4 is 10.6 Å². The molecule has 140 valence electrons. The number of hydrogen-bond acceptors (Lipinski definition) is 7. The van der Waals surface area contributed by atoms with Gasteiger partial charge >= 0.3 is 6.03 Å². The maximum atomic E-state index is 12.3. The number of nitrogens with zero attached hydrogens (tertiary/aromatic N) is 3. The van der Waals surface area contributed by atoms with Gasteiger partial charge in [-0.3, -0.25) is 10.1 Å². The van der Waals surface area contributed by atoms with Crippen molar-refractivity contribution >= 4 is 40.2 Å². The molecule has 1 aliphatic heterocycles. The molecule has 3 amide bonds. The first-order valence-electron chi connectivity index (χ1n) is 8.11. The maximum absolute atomic E-state index is 12.3. The lowest BCUT2D eigenvalue weighted by Crippen LogP contribution is -2.48. The second-order valence-corrected chi connectivity index (χ2v) is 9.25. The van der Waals surface area contributed by atoms with Crippen LogP contribution in [0.15, 0.2) is 4.34 Å². The molecule has 1 aromatic heterocycles. The van der Waals surface area contributed by atoms with Gasteiger partial charge in [-0.1, -0.05) is 23.1 Å². The SMILES string of the molecule is C[C@H]1CN(C(=O)CSc2nnc(NC(=O)NC(C)(C)C)s2)C[C@H](C)O1. The number of nitrogens with one attached hydrogen (secondary N) is 2. The monoisotopic (exact) mass is 387 g/mol. The molecule has 2 rings (SSSR count). The van der Waals surface area contributed by atoms with Crippen LogP contribution in [-0.4, -0.2) is 63.6 Å². The number of amides is 3. The summed E-state index contributed by atoms with van der Waals surface area (Å²) in [6, 6.07) is -0.326. The number of thioether (sulfide) groups is 1. The highest BCUT2D eigenvalue weighted by Crippen LogP contribution is 2.26. The largest absolute Gasteiger partial charge is 0.372 e. The van der Waals surface area contributed by atoms with Crippen molar-refractivity contribution in [3.05, 3.63) is 0 Å². The smallest absolute Gasteiger partial charge is 0.321 e. The lowest BCUT2D eigenvalue weighted by molar-refractivity contribution is -0.140. The van der Waals surface area contributed by atoms with Gasteiger partial charge in [0, 0.05) is 18.6 Å². The molecule has 1 fully saturated rings. The Morgan fingerprint density at radius 2 is 1.92 bits per heavy atom. The molecule has 1 aromatic rings. The van der Waals surface area contributed by atoms with E-state index < -0.39 is 0 Å². The summed E-state index contributed by atoms with van der Waals surface area (Å²) in [5, 5.41) is 13.8. The van der Waals surface area contributed by atoms with E-state index in [1.54, 1.807) is 0 Å². The number of carbonyl (C=O) groups is 2. The fraction of sp³-hybridized carbons (Fsp3) is 0.733. The molecule has 0 radical (unpaired) electrons. The van der Waals surface area contributed by atoms with E-state index in [1.807, 2.05) is 39.5 Å². The molecule has 0 saturated carbocycles. The first-order chi connectivity index (χ1) is 11.6. The van der Waals surface area contributed by atoms with Crippen LogP contribution in [-0.2, 0) is 9.53 Å². The van der Waals surface area contributed by atoms with Crippen LogP contribution in [0.25, 0.3) is 0 Å². The second kappa shape index (κ2) is 8.33. The predicted molar refractivity (Wildman–Crippen MR) is 99.1 cm³/mol. The van der Waals surface area contributed by atoms with Crippen molar-refractivity contribution in [1.29, 1.82) is 0 Å². The summed E-state index contributed by atoms with van der Waals surface area (Å²) >= 11 is 2.58. The van der Waals surface area contributed by atoms with Gasteiger partial charge in [0.05, 0.1) is 18.0 Å². The Morgan fingerprint density at radius 3 is 2.52 bits per heavy atom. The van der Waals surface area contributed by atoms with Crippen LogP contribution in [0.3, 0.4) is 0 Å². The van der Waals surface area contributed by atoms with E-state index in [0.717, 1.165) is 0 Å². The van der Waals surface area contributed by atoms with Gasteiger partial charge in [-0.15, -0.1) is 10.2 Å². The van der Waals surface area contributed by atoms with Crippen LogP contribution in [0.1, 0.15) is 34.6 Å². The Hall–Kier alpha value is -1.39. The van der Waals surface area contributed by atoms with E-state index in [2.05, 4.69) is 20.8 Å². The van der Waals surface area contributed by atoms with E-state index in [1.165, 1.54) is 23.1 Å². The number of hydrogen-bond donors (Lipinski definition) is 2. The van der Waals surface area contributed by atoms with E-state index in [9.17, 15) is 9.59 Å². The third-order valence-corrected chi connectivity index (χ3v) is 5.16. The Labute approximate surface area is 156 Å². The van der Waals surface area contributed by atoms with Gasteiger partial charge in [0.15, 0.2) is 4.34 Å². The Balaban J connectivity index is 1.81. The lowest BCUT2D eigenvalue weighted by atomic mass is 10.1. The average Bonchev–Trinajstić information content (AvgIpc) is 2.89. The molecule has 0 aliphatic carbocycles. The summed E-state index contributed by atoms with van der Waals surface area (Å²) in [6.07, 6.45) is 0.104. The van der Waals surface area contributed by atoms with Crippen molar-refractivity contribution in [2.24, 2.45) is 0 Å². The lowest BCUT2D eigenvalue weighted by Gasteiger charge is -2.35. The molecule has 2 heterocycles. The molecule has 25 heavy (non-hydrogen) atoms. The van der Waals surface area contributed by atoms with Crippen molar-refractivity contribution < 1.29 is 14.3 Å². The number of aromatic nitrogens is 2. The van der Waals surface area contributed by atoms with Crippen LogP contribution in [0, 0.1) is 0 Å². The number of ether oxygens (including phenoxy) is 1. The minimum Gasteiger partial charge on any atom is -0.372 e. The summed E-state index contributed by atoms with van der Waals surface area (Å²) in [7, 11) is 0. The quantitative estimate of drug-likeness (QED) is 0.607. The van der Waals surface area contributed by atoms with Crippen molar-refractivity contribution in [3.8, 4) is 0 Å². The van der Waals surface area contributed by atoms with E-state index in [0.29, 0.717) is 28.3 Å². The highest BCUT2D eigenvalue weighted by Gasteiger charge is 2.26. The minimum absolute atomic E-state index is 0.0522. The van der Waals surface area contributed by atoms with E-state index in [4.69, 9.17) is 4.74 Å². The number of urea groups is 1. The van der Waals surface area contributed by atoms with Crippen LogP contribution in [0.4, 0.5) is 9.93 Å². The number of rotatable bonds is 4. The molecule has 8 nitrogen and oxygen atoms in total. The summed E-state index contributed by atoms with van der Waals surface area (Å²) in [4.78, 5) is 26.0. The van der Waals surface area contributed by atoms with Gasteiger partial charge in [0.1, 0.15) is 0 Å². The molecule has 1 aliphatic rings. The summed E-state index contributed by atoms with van der Waals surface area (Å²) < 4.78 is 6.28. The molecule has 10 heteroatoms. The number of anilines is 1. The highest BCUT2D eigenvalue weighted by atomic mass is 32.2. The third kappa shape index (κ3) is 6.79. The van der Waals surface area contributed by atoms with E-state index in [-0.39, 0.29) is 29.7 Å². The molecule has 0 unspecified atom stereocenters. The van der Waals surface area contributed by atoms with Crippen LogP contribution in [0.5, 0.6) is 0 Å². The van der Waals surface area contributed by atoms with Crippen molar-refractivity contribution in [1.82, 2.24) is 20.4 Å². The van der Waals surface area contributed by atoms with Crippen molar-refractivity contribution in [2.45, 2.75) is 56.7 Å². The molecule has 2 atom stereocenters. The first-order valence-corrected chi connectivity index (χ1v) is 9.91. The summed E-state index contributed by atoms with van der Waals surface area (Å²) in [6.45, 7) is 10.8. The summed E-state index contributed by atoms with van der Waals surface area (Å²) in [5.74, 6) is 0.351. The molecule has 0 bridgehead atoms. The first kappa shape index (κ1) is 19.9. The Bertz CT molecular complexity index is 607. The maximum Gasteiger partial charge on any atom is 0.321 e. The molecule has 1 saturated heterocycles. The number of carbonyl (C=O) groups excluding carboxylic acids is 2. The van der Waals surface area contributed by atoms with E-state index >= 15 is 0 Å². The average molecular weight is 388 g/mol. The van der Waals surface area contributed by atoms with Gasteiger partial charge in [-0.05, 0) is 34.6 Å². The zero-order chi connectivity index (χ0) is 18.6. The molecular weight excluding hydrogens is 362 g/mol. The zero-order valence-electron chi connectivity index (χ0n) is 15.2. The molecule has 0 spiro atoms. The Morgan fingerprint density at radius 1 is 1.28 bits per heavy atom. The molecular formula is C15H25N5O3S2. The molecule has 0 aromatic carbocycles. The van der Waals surface area contributed by atoms with Gasteiger partial charge in [-0.2, -0.15) is 0 Å². The second-order valence-electron chi connectivity index (χ2n) is 7.05. The fourth-order valence-electron chi connectivity index (χ4n) is 2.38. The zero-order valence-corrected chi connectivity index (χ0v) is 16.8. The van der Waals surface area contributed by atoms with Crippen LogP contribution >= 0.6 is 23.1 Å².